The van der Waals surface area contributed by atoms with E-state index in [4.69, 9.17) is 11.6 Å². The van der Waals surface area contributed by atoms with Gasteiger partial charge in [0.2, 0.25) is 0 Å². The first-order chi connectivity index (χ1) is 5.72. The molecule has 0 aromatic carbocycles. The van der Waals surface area contributed by atoms with E-state index in [1.807, 2.05) is 11.8 Å². The number of aromatic nitrogens is 1. The minimum Gasteiger partial charge on any atom is -0.360 e. The summed E-state index contributed by atoms with van der Waals surface area (Å²) >= 11 is 9.03. The quantitative estimate of drug-likeness (QED) is 0.848. The lowest BCUT2D eigenvalue weighted by Gasteiger charge is -2.07. The zero-order valence-corrected chi connectivity index (χ0v) is 9.39. The van der Waals surface area contributed by atoms with Crippen LogP contribution in [0.1, 0.15) is 6.92 Å². The van der Waals surface area contributed by atoms with Gasteiger partial charge in [-0.25, -0.2) is 4.98 Å². The van der Waals surface area contributed by atoms with Gasteiger partial charge in [0.25, 0.3) is 0 Å². The van der Waals surface area contributed by atoms with Crippen LogP contribution in [0.3, 0.4) is 0 Å². The van der Waals surface area contributed by atoms with E-state index in [1.54, 1.807) is 6.20 Å². The van der Waals surface area contributed by atoms with Gasteiger partial charge in [-0.15, -0.1) is 0 Å². The van der Waals surface area contributed by atoms with E-state index in [1.165, 1.54) is 11.3 Å². The summed E-state index contributed by atoms with van der Waals surface area (Å²) in [6.07, 6.45) is 3.76. The SMILES string of the molecule is CSC(C)CNc1ncc(Cl)s1. The van der Waals surface area contributed by atoms with Crippen LogP contribution in [-0.2, 0) is 0 Å². The number of nitrogens with zero attached hydrogens (tertiary/aromatic N) is 1. The van der Waals surface area contributed by atoms with E-state index >= 15 is 0 Å². The van der Waals surface area contributed by atoms with E-state index in [-0.39, 0.29) is 0 Å². The molecule has 1 atom stereocenters. The van der Waals surface area contributed by atoms with Crippen LogP contribution in [0.2, 0.25) is 4.34 Å². The summed E-state index contributed by atoms with van der Waals surface area (Å²) in [5.74, 6) is 0. The number of hydrogen-bond acceptors (Lipinski definition) is 4. The molecular weight excluding hydrogens is 212 g/mol. The topological polar surface area (TPSA) is 24.9 Å². The summed E-state index contributed by atoms with van der Waals surface area (Å²) in [7, 11) is 0. The van der Waals surface area contributed by atoms with Crippen molar-refractivity contribution in [3.05, 3.63) is 10.5 Å². The predicted octanol–water partition coefficient (Wildman–Crippen LogP) is 2.96. The van der Waals surface area contributed by atoms with Crippen molar-refractivity contribution < 1.29 is 0 Å². The zero-order valence-electron chi connectivity index (χ0n) is 7.00. The van der Waals surface area contributed by atoms with Gasteiger partial charge in [-0.05, 0) is 6.26 Å². The van der Waals surface area contributed by atoms with Gasteiger partial charge in [0, 0.05) is 11.8 Å². The third kappa shape index (κ3) is 3.21. The monoisotopic (exact) mass is 222 g/mol. The highest BCUT2D eigenvalue weighted by Gasteiger charge is 2.01. The van der Waals surface area contributed by atoms with E-state index in [9.17, 15) is 0 Å². The summed E-state index contributed by atoms with van der Waals surface area (Å²) in [4.78, 5) is 4.09. The molecule has 5 heteroatoms. The molecule has 68 valence electrons. The fraction of sp³-hybridized carbons (Fsp3) is 0.571. The maximum Gasteiger partial charge on any atom is 0.184 e. The Morgan fingerprint density at radius 3 is 3.08 bits per heavy atom. The highest BCUT2D eigenvalue weighted by molar-refractivity contribution is 7.99. The van der Waals surface area contributed by atoms with Crippen LogP contribution in [0.4, 0.5) is 5.13 Å². The van der Waals surface area contributed by atoms with E-state index in [2.05, 4.69) is 23.5 Å². The number of hydrogen-bond donors (Lipinski definition) is 1. The lowest BCUT2D eigenvalue weighted by atomic mass is 10.5. The Kier molecular flexibility index (Phi) is 4.18. The van der Waals surface area contributed by atoms with Crippen LogP contribution >= 0.6 is 34.7 Å². The molecule has 1 N–H and O–H groups in total. The first kappa shape index (κ1) is 10.2. The standard InChI is InChI=1S/C7H11ClN2S2/c1-5(11-2)3-9-7-10-4-6(8)12-7/h4-5H,3H2,1-2H3,(H,9,10). The van der Waals surface area contributed by atoms with Crippen molar-refractivity contribution in [3.63, 3.8) is 0 Å². The second kappa shape index (κ2) is 4.94. The van der Waals surface area contributed by atoms with Crippen LogP contribution in [0, 0.1) is 0 Å². The highest BCUT2D eigenvalue weighted by Crippen LogP contribution is 2.22. The van der Waals surface area contributed by atoms with Crippen molar-refractivity contribution in [2.24, 2.45) is 0 Å². The summed E-state index contributed by atoms with van der Waals surface area (Å²) in [5, 5.41) is 4.73. The Bertz CT molecular complexity index is 239. The molecule has 1 unspecified atom stereocenters. The van der Waals surface area contributed by atoms with Crippen molar-refractivity contribution in [3.8, 4) is 0 Å². The Morgan fingerprint density at radius 1 is 1.83 bits per heavy atom. The van der Waals surface area contributed by atoms with Crippen LogP contribution < -0.4 is 5.32 Å². The summed E-state index contributed by atoms with van der Waals surface area (Å²) in [6.45, 7) is 3.11. The molecule has 0 saturated carbocycles. The molecule has 0 aliphatic rings. The van der Waals surface area contributed by atoms with Crippen LogP contribution in [0.25, 0.3) is 0 Å². The minimum absolute atomic E-state index is 0.604. The normalized spacial score (nSPS) is 12.9. The summed E-state index contributed by atoms with van der Waals surface area (Å²) < 4.78 is 0.731. The third-order valence-electron chi connectivity index (χ3n) is 1.42. The Morgan fingerprint density at radius 2 is 2.58 bits per heavy atom. The molecule has 1 rings (SSSR count). The van der Waals surface area contributed by atoms with Gasteiger partial charge in [-0.2, -0.15) is 11.8 Å². The smallest absolute Gasteiger partial charge is 0.184 e. The molecule has 0 aliphatic heterocycles. The first-order valence-corrected chi connectivity index (χ1v) is 6.08. The van der Waals surface area contributed by atoms with Gasteiger partial charge in [0.05, 0.1) is 6.20 Å². The predicted molar refractivity (Wildman–Crippen MR) is 58.6 cm³/mol. The van der Waals surface area contributed by atoms with Crippen molar-refractivity contribution >= 4 is 39.8 Å². The fourth-order valence-corrected chi connectivity index (χ4v) is 1.72. The molecular formula is C7H11ClN2S2. The highest BCUT2D eigenvalue weighted by atomic mass is 35.5. The summed E-state index contributed by atoms with van der Waals surface area (Å²) in [6, 6.07) is 0. The maximum atomic E-state index is 5.72. The van der Waals surface area contributed by atoms with Crippen molar-refractivity contribution in [2.75, 3.05) is 18.1 Å². The number of thioether (sulfide) groups is 1. The molecule has 0 bridgehead atoms. The number of thiazole rings is 1. The number of halogens is 1. The van der Waals surface area contributed by atoms with Gasteiger partial charge < -0.3 is 5.32 Å². The molecule has 0 spiro atoms. The van der Waals surface area contributed by atoms with Gasteiger partial charge in [-0.1, -0.05) is 29.9 Å². The molecule has 2 nitrogen and oxygen atoms in total. The van der Waals surface area contributed by atoms with Gasteiger partial charge in [-0.3, -0.25) is 0 Å². The van der Waals surface area contributed by atoms with Gasteiger partial charge >= 0.3 is 0 Å². The number of anilines is 1. The number of nitrogens with one attached hydrogen (secondary N) is 1. The van der Waals surface area contributed by atoms with Crippen LogP contribution in [-0.4, -0.2) is 23.0 Å². The van der Waals surface area contributed by atoms with E-state index in [0.717, 1.165) is 16.0 Å². The second-order valence-corrected chi connectivity index (χ2v) is 5.33. The zero-order chi connectivity index (χ0) is 8.97. The average molecular weight is 223 g/mol. The maximum absolute atomic E-state index is 5.72. The Hall–Kier alpha value is 0.0700. The Balaban J connectivity index is 2.33. The minimum atomic E-state index is 0.604. The van der Waals surface area contributed by atoms with E-state index in [0.29, 0.717) is 5.25 Å². The van der Waals surface area contributed by atoms with Crippen LogP contribution in [0.15, 0.2) is 6.20 Å². The first-order valence-electron chi connectivity index (χ1n) is 3.60. The van der Waals surface area contributed by atoms with Gasteiger partial charge in [0.15, 0.2) is 5.13 Å². The molecule has 0 radical (unpaired) electrons. The van der Waals surface area contributed by atoms with Crippen LogP contribution in [0.5, 0.6) is 0 Å². The third-order valence-corrected chi connectivity index (χ3v) is 3.46. The molecule has 0 saturated heterocycles. The molecule has 1 aromatic heterocycles. The van der Waals surface area contributed by atoms with Crippen molar-refractivity contribution in [2.45, 2.75) is 12.2 Å². The molecule has 1 heterocycles. The van der Waals surface area contributed by atoms with E-state index < -0.39 is 0 Å². The molecule has 12 heavy (non-hydrogen) atoms. The largest absolute Gasteiger partial charge is 0.360 e. The molecule has 0 fully saturated rings. The van der Waals surface area contributed by atoms with Crippen molar-refractivity contribution in [1.82, 2.24) is 4.98 Å². The van der Waals surface area contributed by atoms with Crippen molar-refractivity contribution in [1.29, 1.82) is 0 Å². The Labute approximate surface area is 85.7 Å². The molecule has 1 aromatic rings. The average Bonchev–Trinajstić information content (AvgIpc) is 2.47. The molecule has 0 amide bonds. The lowest BCUT2D eigenvalue weighted by molar-refractivity contribution is 1.000. The summed E-state index contributed by atoms with van der Waals surface area (Å²) in [5.41, 5.74) is 0. The fourth-order valence-electron chi connectivity index (χ4n) is 0.651. The number of rotatable bonds is 4. The van der Waals surface area contributed by atoms with Gasteiger partial charge in [0.1, 0.15) is 4.34 Å². The lowest BCUT2D eigenvalue weighted by Crippen LogP contribution is -2.12. The second-order valence-electron chi connectivity index (χ2n) is 2.40. The molecule has 0 aliphatic carbocycles.